The molecule has 0 aliphatic heterocycles. The molecule has 0 spiro atoms. The molecule has 0 saturated heterocycles. The van der Waals surface area contributed by atoms with Gasteiger partial charge in [0, 0.05) is 11.6 Å². The molecule has 6 heteroatoms. The lowest BCUT2D eigenvalue weighted by Crippen LogP contribution is -2.19. The highest BCUT2D eigenvalue weighted by molar-refractivity contribution is 7.16. The van der Waals surface area contributed by atoms with Crippen LogP contribution in [0.1, 0.15) is 5.56 Å². The number of rotatable bonds is 5. The van der Waals surface area contributed by atoms with E-state index in [0.717, 1.165) is 15.8 Å². The maximum atomic E-state index is 12.2. The Balaban J connectivity index is 1.88. The summed E-state index contributed by atoms with van der Waals surface area (Å²) in [7, 11) is 0. The summed E-state index contributed by atoms with van der Waals surface area (Å²) in [5.74, 6) is 0.246. The number of amides is 1. The smallest absolute Gasteiger partial charge is 0.286 e. The van der Waals surface area contributed by atoms with E-state index in [4.69, 9.17) is 16.3 Å². The molecule has 0 fully saturated rings. The molecule has 0 N–H and O–H groups in total. The number of aromatic nitrogens is 1. The van der Waals surface area contributed by atoms with Gasteiger partial charge in [0.2, 0.25) is 0 Å². The van der Waals surface area contributed by atoms with E-state index < -0.39 is 0 Å². The van der Waals surface area contributed by atoms with Gasteiger partial charge in [-0.3, -0.25) is 4.79 Å². The highest BCUT2D eigenvalue weighted by atomic mass is 35.5. The number of aryl methyl sites for hydroxylation is 1. The Kier molecular flexibility index (Phi) is 5.36. The first-order valence-corrected chi connectivity index (χ1v) is 8.93. The number of para-hydroxylation sites is 1. The van der Waals surface area contributed by atoms with E-state index in [-0.39, 0.29) is 12.5 Å². The van der Waals surface area contributed by atoms with Gasteiger partial charge in [0.1, 0.15) is 5.75 Å². The molecule has 1 amide bonds. The van der Waals surface area contributed by atoms with Crippen molar-refractivity contribution in [1.82, 2.24) is 4.57 Å². The van der Waals surface area contributed by atoms with Crippen molar-refractivity contribution < 1.29 is 9.53 Å². The average molecular weight is 373 g/mol. The van der Waals surface area contributed by atoms with Crippen LogP contribution in [-0.2, 0) is 11.3 Å². The minimum absolute atomic E-state index is 0.122. The Morgan fingerprint density at radius 2 is 2.08 bits per heavy atom. The zero-order chi connectivity index (χ0) is 17.8. The molecule has 25 heavy (non-hydrogen) atoms. The van der Waals surface area contributed by atoms with Crippen molar-refractivity contribution in [1.29, 1.82) is 0 Å². The van der Waals surface area contributed by atoms with Crippen molar-refractivity contribution in [3.63, 3.8) is 0 Å². The number of carbonyl (C=O) groups is 1. The number of allylic oxidation sites excluding steroid dienone is 1. The lowest BCUT2D eigenvalue weighted by atomic mass is 10.2. The predicted molar refractivity (Wildman–Crippen MR) is 102 cm³/mol. The number of benzene rings is 2. The van der Waals surface area contributed by atoms with Crippen molar-refractivity contribution in [3.05, 3.63) is 70.5 Å². The van der Waals surface area contributed by atoms with Crippen LogP contribution in [0.5, 0.6) is 5.75 Å². The number of thiazole rings is 1. The van der Waals surface area contributed by atoms with Gasteiger partial charge in [-0.15, -0.1) is 6.58 Å². The fourth-order valence-corrected chi connectivity index (χ4v) is 3.77. The molecule has 0 aliphatic rings. The first-order chi connectivity index (χ1) is 12.1. The molecular formula is C19H17ClN2O2S. The number of carbonyl (C=O) groups excluding carboxylic acids is 1. The van der Waals surface area contributed by atoms with Crippen molar-refractivity contribution in [3.8, 4) is 5.75 Å². The van der Waals surface area contributed by atoms with E-state index in [2.05, 4.69) is 11.6 Å². The van der Waals surface area contributed by atoms with Crippen molar-refractivity contribution in [2.24, 2.45) is 4.99 Å². The van der Waals surface area contributed by atoms with Gasteiger partial charge in [-0.25, -0.2) is 0 Å². The quantitative estimate of drug-likeness (QED) is 0.624. The summed E-state index contributed by atoms with van der Waals surface area (Å²) in [6, 6.07) is 12.9. The number of hydrogen-bond donors (Lipinski definition) is 0. The Bertz CT molecular complexity index is 987. The molecule has 0 bridgehead atoms. The molecule has 128 valence electrons. The molecule has 1 heterocycles. The predicted octanol–water partition coefficient (Wildman–Crippen LogP) is 4.36. The van der Waals surface area contributed by atoms with Crippen molar-refractivity contribution in [2.75, 3.05) is 6.61 Å². The monoisotopic (exact) mass is 372 g/mol. The first-order valence-electron chi connectivity index (χ1n) is 7.74. The summed E-state index contributed by atoms with van der Waals surface area (Å²) in [4.78, 5) is 17.1. The molecule has 0 atom stereocenters. The number of hydrogen-bond acceptors (Lipinski definition) is 3. The fraction of sp³-hybridized carbons (Fsp3) is 0.158. The molecule has 0 saturated carbocycles. The third-order valence-electron chi connectivity index (χ3n) is 3.61. The van der Waals surface area contributed by atoms with E-state index in [1.54, 1.807) is 30.3 Å². The molecular weight excluding hydrogens is 356 g/mol. The van der Waals surface area contributed by atoms with Crippen LogP contribution in [0.4, 0.5) is 0 Å². The summed E-state index contributed by atoms with van der Waals surface area (Å²) >= 11 is 7.31. The molecule has 0 radical (unpaired) electrons. The van der Waals surface area contributed by atoms with Gasteiger partial charge in [0.25, 0.3) is 5.91 Å². The Morgan fingerprint density at radius 1 is 1.32 bits per heavy atom. The topological polar surface area (TPSA) is 43.6 Å². The normalized spacial score (nSPS) is 11.7. The second-order valence-electron chi connectivity index (χ2n) is 5.45. The van der Waals surface area contributed by atoms with E-state index in [1.165, 1.54) is 11.3 Å². The molecule has 4 nitrogen and oxygen atoms in total. The molecule has 0 aliphatic carbocycles. The highest BCUT2D eigenvalue weighted by Gasteiger charge is 2.09. The van der Waals surface area contributed by atoms with Crippen molar-refractivity contribution >= 4 is 39.1 Å². The second kappa shape index (κ2) is 7.68. The Labute approximate surface area is 154 Å². The summed E-state index contributed by atoms with van der Waals surface area (Å²) in [6.07, 6.45) is 1.80. The third-order valence-corrected chi connectivity index (χ3v) is 4.91. The maximum Gasteiger partial charge on any atom is 0.286 e. The van der Waals surface area contributed by atoms with E-state index in [0.29, 0.717) is 22.1 Å². The number of halogens is 1. The third kappa shape index (κ3) is 4.00. The van der Waals surface area contributed by atoms with E-state index in [1.807, 2.05) is 29.7 Å². The molecule has 3 aromatic rings. The minimum Gasteiger partial charge on any atom is -0.484 e. The summed E-state index contributed by atoms with van der Waals surface area (Å²) in [6.45, 7) is 6.31. The van der Waals surface area contributed by atoms with Crippen LogP contribution in [0.15, 0.2) is 60.1 Å². The van der Waals surface area contributed by atoms with Crippen LogP contribution < -0.4 is 9.54 Å². The van der Waals surface area contributed by atoms with Gasteiger partial charge >= 0.3 is 0 Å². The van der Waals surface area contributed by atoms with Gasteiger partial charge in [-0.2, -0.15) is 4.99 Å². The van der Waals surface area contributed by atoms with Crippen molar-refractivity contribution in [2.45, 2.75) is 13.5 Å². The first kappa shape index (κ1) is 17.5. The summed E-state index contributed by atoms with van der Waals surface area (Å²) < 4.78 is 8.56. The lowest BCUT2D eigenvalue weighted by molar-refractivity contribution is -0.120. The Hall–Kier alpha value is -2.37. The van der Waals surface area contributed by atoms with Gasteiger partial charge in [-0.05, 0) is 42.8 Å². The fourth-order valence-electron chi connectivity index (χ4n) is 2.51. The number of ether oxygens (including phenoxy) is 1. The van der Waals surface area contributed by atoms with Gasteiger partial charge in [0.15, 0.2) is 11.4 Å². The average Bonchev–Trinajstić information content (AvgIpc) is 2.93. The number of fused-ring (bicyclic) bond motifs is 1. The van der Waals surface area contributed by atoms with E-state index >= 15 is 0 Å². The zero-order valence-corrected chi connectivity index (χ0v) is 15.3. The summed E-state index contributed by atoms with van der Waals surface area (Å²) in [5, 5.41) is 0.620. The van der Waals surface area contributed by atoms with Gasteiger partial charge in [0.05, 0.1) is 10.2 Å². The second-order valence-corrected chi connectivity index (χ2v) is 6.90. The minimum atomic E-state index is -0.336. The van der Waals surface area contributed by atoms with E-state index in [9.17, 15) is 4.79 Å². The van der Waals surface area contributed by atoms with Crippen LogP contribution in [0.2, 0.25) is 5.02 Å². The van der Waals surface area contributed by atoms with Crippen LogP contribution in [0, 0.1) is 6.92 Å². The largest absolute Gasteiger partial charge is 0.484 e. The van der Waals surface area contributed by atoms with Crippen LogP contribution in [-0.4, -0.2) is 17.1 Å². The maximum absolute atomic E-state index is 12.2. The SMILES string of the molecule is C=CCn1c(=NC(=O)COc2ccc(Cl)cc2)sc2cccc(C)c21. The van der Waals surface area contributed by atoms with Crippen LogP contribution in [0.3, 0.4) is 0 Å². The molecule has 0 unspecified atom stereocenters. The van der Waals surface area contributed by atoms with Gasteiger partial charge < -0.3 is 9.30 Å². The molecule has 3 rings (SSSR count). The van der Waals surface area contributed by atoms with Gasteiger partial charge in [-0.1, -0.05) is 41.1 Å². The summed E-state index contributed by atoms with van der Waals surface area (Å²) in [5.41, 5.74) is 2.22. The molecule has 1 aromatic heterocycles. The van der Waals surface area contributed by atoms with Crippen LogP contribution in [0.25, 0.3) is 10.2 Å². The molecule has 2 aromatic carbocycles. The zero-order valence-electron chi connectivity index (χ0n) is 13.7. The van der Waals surface area contributed by atoms with Crippen LogP contribution >= 0.6 is 22.9 Å². The number of nitrogens with zero attached hydrogens (tertiary/aromatic N) is 2. The standard InChI is InChI=1S/C19H17ClN2O2S/c1-3-11-22-18-13(2)5-4-6-16(18)25-19(22)21-17(23)12-24-15-9-7-14(20)8-10-15/h3-10H,1,11-12H2,2H3. The highest BCUT2D eigenvalue weighted by Crippen LogP contribution is 2.21. The lowest BCUT2D eigenvalue weighted by Gasteiger charge is -2.04. The Morgan fingerprint density at radius 3 is 2.80 bits per heavy atom.